The standard InChI is InChI=1S/C11H18N4O/c1-11(2)8-15(5-6-16-11)10-13-4-3-9(7-12)14-10/h3-4H,5-8,12H2,1-2H3. The normalized spacial score (nSPS) is 19.8. The Balaban J connectivity index is 2.16. The maximum atomic E-state index is 5.65. The first-order valence-electron chi connectivity index (χ1n) is 5.52. The lowest BCUT2D eigenvalue weighted by Crippen LogP contribution is -2.49. The van der Waals surface area contributed by atoms with Crippen molar-refractivity contribution in [1.29, 1.82) is 0 Å². The molecule has 1 saturated heterocycles. The summed E-state index contributed by atoms with van der Waals surface area (Å²) in [5.41, 5.74) is 6.30. The number of ether oxygens (including phenoxy) is 1. The van der Waals surface area contributed by atoms with Crippen molar-refractivity contribution in [3.05, 3.63) is 18.0 Å². The van der Waals surface area contributed by atoms with Crippen LogP contribution in [0.25, 0.3) is 0 Å². The van der Waals surface area contributed by atoms with E-state index in [0.717, 1.165) is 24.7 Å². The molecule has 1 fully saturated rings. The minimum Gasteiger partial charge on any atom is -0.372 e. The molecule has 16 heavy (non-hydrogen) atoms. The smallest absolute Gasteiger partial charge is 0.225 e. The van der Waals surface area contributed by atoms with Gasteiger partial charge in [0.15, 0.2) is 0 Å². The van der Waals surface area contributed by atoms with Crippen molar-refractivity contribution in [2.45, 2.75) is 26.0 Å². The highest BCUT2D eigenvalue weighted by Crippen LogP contribution is 2.19. The van der Waals surface area contributed by atoms with Gasteiger partial charge in [-0.2, -0.15) is 0 Å². The van der Waals surface area contributed by atoms with Gasteiger partial charge in [0.2, 0.25) is 5.95 Å². The summed E-state index contributed by atoms with van der Waals surface area (Å²) in [4.78, 5) is 10.8. The quantitative estimate of drug-likeness (QED) is 0.791. The molecular weight excluding hydrogens is 204 g/mol. The SMILES string of the molecule is CC1(C)CN(c2nccc(CN)n2)CCO1. The van der Waals surface area contributed by atoms with Gasteiger partial charge in [0, 0.05) is 25.8 Å². The summed E-state index contributed by atoms with van der Waals surface area (Å²) >= 11 is 0. The predicted octanol–water partition coefficient (Wildman–Crippen LogP) is 0.550. The van der Waals surface area contributed by atoms with E-state index >= 15 is 0 Å². The Hall–Kier alpha value is -1.20. The molecule has 2 rings (SSSR count). The fraction of sp³-hybridized carbons (Fsp3) is 0.636. The van der Waals surface area contributed by atoms with Gasteiger partial charge in [-0.05, 0) is 19.9 Å². The molecule has 2 heterocycles. The zero-order valence-electron chi connectivity index (χ0n) is 9.81. The molecular formula is C11H18N4O. The number of aromatic nitrogens is 2. The van der Waals surface area contributed by atoms with Crippen LogP contribution in [0, 0.1) is 0 Å². The molecule has 5 heteroatoms. The van der Waals surface area contributed by atoms with Crippen molar-refractivity contribution >= 4 is 5.95 Å². The fourth-order valence-corrected chi connectivity index (χ4v) is 1.84. The molecule has 1 aliphatic heterocycles. The molecule has 5 nitrogen and oxygen atoms in total. The van der Waals surface area contributed by atoms with E-state index in [4.69, 9.17) is 10.5 Å². The van der Waals surface area contributed by atoms with Crippen molar-refractivity contribution in [3.8, 4) is 0 Å². The molecule has 0 atom stereocenters. The van der Waals surface area contributed by atoms with Crippen LogP contribution in [0.4, 0.5) is 5.95 Å². The largest absolute Gasteiger partial charge is 0.372 e. The number of anilines is 1. The van der Waals surface area contributed by atoms with Crippen molar-refractivity contribution < 1.29 is 4.74 Å². The lowest BCUT2D eigenvalue weighted by Gasteiger charge is -2.38. The number of rotatable bonds is 2. The first kappa shape index (κ1) is 11.3. The van der Waals surface area contributed by atoms with Gasteiger partial charge < -0.3 is 15.4 Å². The zero-order valence-corrected chi connectivity index (χ0v) is 9.81. The van der Waals surface area contributed by atoms with Gasteiger partial charge in [0.25, 0.3) is 0 Å². The molecule has 1 aromatic rings. The van der Waals surface area contributed by atoms with Gasteiger partial charge in [-0.15, -0.1) is 0 Å². The van der Waals surface area contributed by atoms with Gasteiger partial charge in [-0.3, -0.25) is 0 Å². The van der Waals surface area contributed by atoms with E-state index in [1.54, 1.807) is 6.20 Å². The Labute approximate surface area is 95.6 Å². The van der Waals surface area contributed by atoms with Crippen LogP contribution in [-0.2, 0) is 11.3 Å². The third-order valence-corrected chi connectivity index (χ3v) is 2.62. The van der Waals surface area contributed by atoms with Crippen LogP contribution in [-0.4, -0.2) is 35.3 Å². The molecule has 0 saturated carbocycles. The summed E-state index contributed by atoms with van der Waals surface area (Å²) in [6.07, 6.45) is 1.76. The van der Waals surface area contributed by atoms with E-state index in [2.05, 4.69) is 28.7 Å². The second kappa shape index (κ2) is 4.35. The van der Waals surface area contributed by atoms with Crippen molar-refractivity contribution in [3.63, 3.8) is 0 Å². The average molecular weight is 222 g/mol. The number of hydrogen-bond acceptors (Lipinski definition) is 5. The highest BCUT2D eigenvalue weighted by atomic mass is 16.5. The Bertz CT molecular complexity index is 367. The van der Waals surface area contributed by atoms with E-state index in [1.165, 1.54) is 0 Å². The van der Waals surface area contributed by atoms with Crippen LogP contribution in [0.2, 0.25) is 0 Å². The Morgan fingerprint density at radius 2 is 2.38 bits per heavy atom. The lowest BCUT2D eigenvalue weighted by molar-refractivity contribution is -0.0281. The third kappa shape index (κ3) is 2.48. The van der Waals surface area contributed by atoms with Crippen LogP contribution in [0.3, 0.4) is 0 Å². The summed E-state index contributed by atoms with van der Waals surface area (Å²) in [5, 5.41) is 0. The fourth-order valence-electron chi connectivity index (χ4n) is 1.84. The molecule has 0 radical (unpaired) electrons. The van der Waals surface area contributed by atoms with E-state index < -0.39 is 0 Å². The molecule has 0 aromatic carbocycles. The Morgan fingerprint density at radius 3 is 3.06 bits per heavy atom. The van der Waals surface area contributed by atoms with Gasteiger partial charge in [0.05, 0.1) is 17.9 Å². The molecule has 0 amide bonds. The lowest BCUT2D eigenvalue weighted by atomic mass is 10.1. The predicted molar refractivity (Wildman–Crippen MR) is 62.2 cm³/mol. The van der Waals surface area contributed by atoms with Gasteiger partial charge in [-0.1, -0.05) is 0 Å². The zero-order chi connectivity index (χ0) is 11.6. The molecule has 88 valence electrons. The molecule has 0 bridgehead atoms. The van der Waals surface area contributed by atoms with Gasteiger partial charge in [-0.25, -0.2) is 9.97 Å². The molecule has 0 aliphatic carbocycles. The monoisotopic (exact) mass is 222 g/mol. The number of nitrogens with two attached hydrogens (primary N) is 1. The van der Waals surface area contributed by atoms with E-state index in [0.29, 0.717) is 13.2 Å². The summed E-state index contributed by atoms with van der Waals surface area (Å²) in [6.45, 7) is 6.95. The van der Waals surface area contributed by atoms with Crippen molar-refractivity contribution in [2.75, 3.05) is 24.6 Å². The summed E-state index contributed by atoms with van der Waals surface area (Å²) in [5.74, 6) is 0.749. The number of nitrogens with zero attached hydrogens (tertiary/aromatic N) is 3. The van der Waals surface area contributed by atoms with E-state index in [9.17, 15) is 0 Å². The molecule has 1 aromatic heterocycles. The summed E-state index contributed by atoms with van der Waals surface area (Å²) < 4.78 is 5.65. The number of hydrogen-bond donors (Lipinski definition) is 1. The third-order valence-electron chi connectivity index (χ3n) is 2.62. The number of morpholine rings is 1. The topological polar surface area (TPSA) is 64.3 Å². The van der Waals surface area contributed by atoms with Crippen LogP contribution >= 0.6 is 0 Å². The minimum atomic E-state index is -0.139. The highest BCUT2D eigenvalue weighted by molar-refractivity contribution is 5.31. The van der Waals surface area contributed by atoms with Gasteiger partial charge >= 0.3 is 0 Å². The summed E-state index contributed by atoms with van der Waals surface area (Å²) in [7, 11) is 0. The van der Waals surface area contributed by atoms with Crippen LogP contribution < -0.4 is 10.6 Å². The first-order valence-corrected chi connectivity index (χ1v) is 5.52. The Kier molecular flexibility index (Phi) is 3.07. The van der Waals surface area contributed by atoms with E-state index in [1.807, 2.05) is 6.07 Å². The first-order chi connectivity index (χ1) is 7.61. The second-order valence-electron chi connectivity index (χ2n) is 4.58. The second-order valence-corrected chi connectivity index (χ2v) is 4.58. The average Bonchev–Trinajstić information content (AvgIpc) is 2.28. The van der Waals surface area contributed by atoms with Crippen LogP contribution in [0.15, 0.2) is 12.3 Å². The minimum absolute atomic E-state index is 0.139. The van der Waals surface area contributed by atoms with Crippen molar-refractivity contribution in [2.24, 2.45) is 5.73 Å². The summed E-state index contributed by atoms with van der Waals surface area (Å²) in [6, 6.07) is 1.84. The van der Waals surface area contributed by atoms with E-state index in [-0.39, 0.29) is 5.60 Å². The van der Waals surface area contributed by atoms with Crippen molar-refractivity contribution in [1.82, 2.24) is 9.97 Å². The highest BCUT2D eigenvalue weighted by Gasteiger charge is 2.28. The molecule has 2 N–H and O–H groups in total. The maximum Gasteiger partial charge on any atom is 0.225 e. The van der Waals surface area contributed by atoms with Crippen LogP contribution in [0.1, 0.15) is 19.5 Å². The molecule has 0 unspecified atom stereocenters. The maximum absolute atomic E-state index is 5.65. The van der Waals surface area contributed by atoms with Crippen LogP contribution in [0.5, 0.6) is 0 Å². The molecule has 1 aliphatic rings. The van der Waals surface area contributed by atoms with Gasteiger partial charge in [0.1, 0.15) is 0 Å². The molecule has 0 spiro atoms. The Morgan fingerprint density at radius 1 is 1.56 bits per heavy atom.